The molecule has 1 N–H and O–H groups in total. The molecular formula is C21H25N3OS. The van der Waals surface area contributed by atoms with Crippen LogP contribution in [0.1, 0.15) is 29.3 Å². The molecule has 3 heterocycles. The summed E-state index contributed by atoms with van der Waals surface area (Å²) >= 11 is 1.80. The summed E-state index contributed by atoms with van der Waals surface area (Å²) in [5.41, 5.74) is 2.56. The van der Waals surface area contributed by atoms with Crippen LogP contribution in [0.3, 0.4) is 0 Å². The molecule has 0 saturated carbocycles. The number of carbonyl (C=O) groups excluding carboxylic acids is 1. The summed E-state index contributed by atoms with van der Waals surface area (Å²) in [5, 5.41) is 3.66. The molecule has 1 aromatic carbocycles. The summed E-state index contributed by atoms with van der Waals surface area (Å²) in [5.74, 6) is 1.79. The summed E-state index contributed by atoms with van der Waals surface area (Å²) in [7, 11) is 0. The molecule has 2 unspecified atom stereocenters. The lowest BCUT2D eigenvalue weighted by atomic mass is 9.90. The average Bonchev–Trinajstić information content (AvgIpc) is 3.20. The molecule has 0 aliphatic carbocycles. The van der Waals surface area contributed by atoms with Gasteiger partial charge in [0.25, 0.3) is 0 Å². The Morgan fingerprint density at radius 2 is 1.96 bits per heavy atom. The Balaban J connectivity index is 1.27. The maximum Gasteiger partial charge on any atom is 0.240 e. The van der Waals surface area contributed by atoms with Crippen LogP contribution in [0.15, 0.2) is 54.9 Å². The van der Waals surface area contributed by atoms with E-state index in [2.05, 4.69) is 51.6 Å². The van der Waals surface area contributed by atoms with Crippen molar-refractivity contribution in [2.75, 3.05) is 18.8 Å². The molecule has 0 bridgehead atoms. The van der Waals surface area contributed by atoms with Gasteiger partial charge in [-0.1, -0.05) is 36.4 Å². The third kappa shape index (κ3) is 4.10. The first-order chi connectivity index (χ1) is 12.8. The van der Waals surface area contributed by atoms with E-state index < -0.39 is 0 Å². The molecule has 4 nitrogen and oxygen atoms in total. The van der Waals surface area contributed by atoms with Crippen molar-refractivity contribution in [1.29, 1.82) is 0 Å². The largest absolute Gasteiger partial charge is 0.341 e. The smallest absolute Gasteiger partial charge is 0.240 e. The zero-order valence-corrected chi connectivity index (χ0v) is 15.7. The van der Waals surface area contributed by atoms with Crippen molar-refractivity contribution in [2.24, 2.45) is 5.92 Å². The van der Waals surface area contributed by atoms with E-state index in [4.69, 9.17) is 0 Å². The third-order valence-corrected chi connectivity index (χ3v) is 6.63. The fourth-order valence-electron chi connectivity index (χ4n) is 3.86. The van der Waals surface area contributed by atoms with E-state index >= 15 is 0 Å². The molecule has 1 amide bonds. The minimum Gasteiger partial charge on any atom is -0.341 e. The zero-order chi connectivity index (χ0) is 17.8. The van der Waals surface area contributed by atoms with E-state index in [9.17, 15) is 4.79 Å². The number of hydrogen-bond donors (Lipinski definition) is 1. The molecule has 1 aromatic heterocycles. The Bertz CT molecular complexity index is 717. The van der Waals surface area contributed by atoms with Crippen LogP contribution in [-0.4, -0.2) is 40.7 Å². The van der Waals surface area contributed by atoms with Crippen molar-refractivity contribution in [3.8, 4) is 0 Å². The molecule has 5 heteroatoms. The number of carbonyl (C=O) groups is 1. The van der Waals surface area contributed by atoms with Gasteiger partial charge < -0.3 is 4.90 Å². The highest BCUT2D eigenvalue weighted by molar-refractivity contribution is 7.99. The number of benzene rings is 1. The Kier molecular flexibility index (Phi) is 5.56. The number of rotatable bonds is 4. The molecule has 2 atom stereocenters. The van der Waals surface area contributed by atoms with Gasteiger partial charge in [-0.3, -0.25) is 15.1 Å². The first kappa shape index (κ1) is 17.6. The van der Waals surface area contributed by atoms with Crippen LogP contribution < -0.4 is 5.32 Å². The van der Waals surface area contributed by atoms with Gasteiger partial charge in [0, 0.05) is 31.2 Å². The van der Waals surface area contributed by atoms with Crippen molar-refractivity contribution in [2.45, 2.75) is 30.7 Å². The highest BCUT2D eigenvalue weighted by Gasteiger charge is 2.34. The maximum absolute atomic E-state index is 12.9. The predicted octanol–water partition coefficient (Wildman–Crippen LogP) is 3.27. The molecule has 136 valence electrons. The number of nitrogens with one attached hydrogen (secondary N) is 1. The van der Waals surface area contributed by atoms with Gasteiger partial charge in [0.15, 0.2) is 0 Å². The average molecular weight is 368 g/mol. The highest BCUT2D eigenvalue weighted by Crippen LogP contribution is 2.33. The predicted molar refractivity (Wildman–Crippen MR) is 106 cm³/mol. The fraction of sp³-hybridized carbons (Fsp3) is 0.429. The topological polar surface area (TPSA) is 45.2 Å². The number of piperidine rings is 1. The van der Waals surface area contributed by atoms with Gasteiger partial charge in [-0.25, -0.2) is 0 Å². The molecular weight excluding hydrogens is 342 g/mol. The monoisotopic (exact) mass is 367 g/mol. The van der Waals surface area contributed by atoms with Crippen LogP contribution >= 0.6 is 11.8 Å². The summed E-state index contributed by atoms with van der Waals surface area (Å²) in [6.45, 7) is 1.77. The van der Waals surface area contributed by atoms with Crippen molar-refractivity contribution < 1.29 is 4.79 Å². The molecule has 26 heavy (non-hydrogen) atoms. The van der Waals surface area contributed by atoms with Crippen molar-refractivity contribution in [3.05, 3.63) is 66.0 Å². The zero-order valence-electron chi connectivity index (χ0n) is 14.9. The highest BCUT2D eigenvalue weighted by atomic mass is 32.2. The van der Waals surface area contributed by atoms with E-state index in [-0.39, 0.29) is 17.3 Å². The lowest BCUT2D eigenvalue weighted by molar-refractivity contribution is -0.134. The fourth-order valence-corrected chi connectivity index (χ4v) is 5.08. The summed E-state index contributed by atoms with van der Waals surface area (Å²) in [4.78, 5) is 19.1. The van der Waals surface area contributed by atoms with Crippen molar-refractivity contribution in [3.63, 3.8) is 0 Å². The van der Waals surface area contributed by atoms with Crippen LogP contribution in [0.25, 0.3) is 0 Å². The second-order valence-corrected chi connectivity index (χ2v) is 8.32. The first-order valence-electron chi connectivity index (χ1n) is 9.40. The number of aromatic nitrogens is 1. The number of amides is 1. The number of nitrogens with zero attached hydrogens (tertiary/aromatic N) is 2. The minimum absolute atomic E-state index is 0.0733. The molecule has 0 spiro atoms. The minimum atomic E-state index is -0.0733. The number of pyridine rings is 1. The summed E-state index contributed by atoms with van der Waals surface area (Å²) in [6, 6.07) is 14.6. The SMILES string of the molecule is O=C(C1CSC(c2cccnc2)N1)N1CCC(Cc2ccccc2)CC1. The second kappa shape index (κ2) is 8.23. The summed E-state index contributed by atoms with van der Waals surface area (Å²) < 4.78 is 0. The van der Waals surface area contributed by atoms with Gasteiger partial charge in [-0.15, -0.1) is 11.8 Å². The molecule has 2 aliphatic rings. The van der Waals surface area contributed by atoms with E-state index in [1.165, 1.54) is 5.56 Å². The number of hydrogen-bond acceptors (Lipinski definition) is 4. The van der Waals surface area contributed by atoms with Gasteiger partial charge in [-0.05, 0) is 42.4 Å². The molecule has 2 aromatic rings. The molecule has 2 fully saturated rings. The van der Waals surface area contributed by atoms with E-state index in [1.807, 2.05) is 12.3 Å². The maximum atomic E-state index is 12.9. The van der Waals surface area contributed by atoms with Crippen LogP contribution in [0, 0.1) is 5.92 Å². The third-order valence-electron chi connectivity index (χ3n) is 5.36. The van der Waals surface area contributed by atoms with E-state index in [0.717, 1.165) is 43.7 Å². The van der Waals surface area contributed by atoms with Crippen LogP contribution in [0.4, 0.5) is 0 Å². The Hall–Kier alpha value is -1.85. The van der Waals surface area contributed by atoms with Gasteiger partial charge in [-0.2, -0.15) is 0 Å². The first-order valence-corrected chi connectivity index (χ1v) is 10.4. The normalized spacial score (nSPS) is 23.9. The lowest BCUT2D eigenvalue weighted by Gasteiger charge is -2.33. The quantitative estimate of drug-likeness (QED) is 0.901. The molecule has 2 aliphatic heterocycles. The number of thioether (sulfide) groups is 1. The van der Waals surface area contributed by atoms with Crippen LogP contribution in [0.5, 0.6) is 0 Å². The van der Waals surface area contributed by atoms with Crippen LogP contribution in [0.2, 0.25) is 0 Å². The van der Waals surface area contributed by atoms with Gasteiger partial charge in [0.2, 0.25) is 5.91 Å². The molecule has 0 radical (unpaired) electrons. The van der Waals surface area contributed by atoms with Crippen molar-refractivity contribution in [1.82, 2.24) is 15.2 Å². The Morgan fingerprint density at radius 1 is 1.15 bits per heavy atom. The van der Waals surface area contributed by atoms with Gasteiger partial charge >= 0.3 is 0 Å². The van der Waals surface area contributed by atoms with Crippen molar-refractivity contribution >= 4 is 17.7 Å². The van der Waals surface area contributed by atoms with Gasteiger partial charge in [0.1, 0.15) is 0 Å². The van der Waals surface area contributed by atoms with Gasteiger partial charge in [0.05, 0.1) is 11.4 Å². The summed E-state index contributed by atoms with van der Waals surface area (Å²) in [6.07, 6.45) is 7.00. The van der Waals surface area contributed by atoms with E-state index in [1.54, 1.807) is 18.0 Å². The molecule has 2 saturated heterocycles. The standard InChI is InChI=1S/C21H25N3OS/c25-21(19-15-26-20(23-19)18-7-4-10-22-14-18)24-11-8-17(9-12-24)13-16-5-2-1-3-6-16/h1-7,10,14,17,19-20,23H,8-9,11-13,15H2. The Labute approximate surface area is 159 Å². The Morgan fingerprint density at radius 3 is 2.69 bits per heavy atom. The molecule has 4 rings (SSSR count). The van der Waals surface area contributed by atoms with E-state index in [0.29, 0.717) is 5.92 Å². The van der Waals surface area contributed by atoms with Crippen LogP contribution in [-0.2, 0) is 11.2 Å². The lowest BCUT2D eigenvalue weighted by Crippen LogP contribution is -2.48. The number of likely N-dealkylation sites (tertiary alicyclic amines) is 1. The second-order valence-electron chi connectivity index (χ2n) is 7.18.